The molecule has 0 aromatic heterocycles. The molecule has 1 aromatic rings. The number of aliphatic hydroxyl groups is 1. The van der Waals surface area contributed by atoms with Crippen LogP contribution in [0.4, 0.5) is 0 Å². The van der Waals surface area contributed by atoms with Gasteiger partial charge in [-0.15, -0.1) is 0 Å². The Bertz CT molecular complexity index is 469. The van der Waals surface area contributed by atoms with Gasteiger partial charge in [0.05, 0.1) is 6.10 Å². The first-order valence-corrected chi connectivity index (χ1v) is 7.54. The highest BCUT2D eigenvalue weighted by molar-refractivity contribution is 5.80. The number of rotatable bonds is 7. The lowest BCUT2D eigenvalue weighted by molar-refractivity contribution is -0.127. The van der Waals surface area contributed by atoms with Crippen LogP contribution in [0, 0.1) is 6.92 Å². The second kappa shape index (κ2) is 8.03. The minimum atomic E-state index is -0.557. The highest BCUT2D eigenvalue weighted by Crippen LogP contribution is 2.28. The van der Waals surface area contributed by atoms with Gasteiger partial charge in [0.15, 0.2) is 6.10 Å². The summed E-state index contributed by atoms with van der Waals surface area (Å²) in [5.41, 5.74) is 2.21. The van der Waals surface area contributed by atoms with Gasteiger partial charge in [-0.25, -0.2) is 0 Å². The molecule has 0 aliphatic heterocycles. The number of carbonyl (C=O) groups is 1. The second-order valence-electron chi connectivity index (χ2n) is 5.88. The number of benzene rings is 1. The van der Waals surface area contributed by atoms with Crippen molar-refractivity contribution in [3.63, 3.8) is 0 Å². The maximum absolute atomic E-state index is 12.0. The SMILES string of the molecule is Cc1ccc(C(C)C)c(OC(C)C(=O)NCCC(C)O)c1. The van der Waals surface area contributed by atoms with E-state index in [4.69, 9.17) is 4.74 Å². The summed E-state index contributed by atoms with van der Waals surface area (Å²) in [7, 11) is 0. The summed E-state index contributed by atoms with van der Waals surface area (Å²) >= 11 is 0. The molecule has 0 saturated carbocycles. The minimum absolute atomic E-state index is 0.160. The highest BCUT2D eigenvalue weighted by Gasteiger charge is 2.17. The van der Waals surface area contributed by atoms with E-state index in [2.05, 4.69) is 25.2 Å². The van der Waals surface area contributed by atoms with Crippen LogP contribution >= 0.6 is 0 Å². The van der Waals surface area contributed by atoms with Gasteiger partial charge in [0.2, 0.25) is 0 Å². The van der Waals surface area contributed by atoms with Crippen LogP contribution in [-0.4, -0.2) is 29.8 Å². The van der Waals surface area contributed by atoms with Crippen LogP contribution in [0.3, 0.4) is 0 Å². The third kappa shape index (κ3) is 5.76. The van der Waals surface area contributed by atoms with E-state index in [0.29, 0.717) is 18.9 Å². The summed E-state index contributed by atoms with van der Waals surface area (Å²) in [4.78, 5) is 12.0. The summed E-state index contributed by atoms with van der Waals surface area (Å²) in [5.74, 6) is 0.945. The predicted molar refractivity (Wildman–Crippen MR) is 84.7 cm³/mol. The van der Waals surface area contributed by atoms with Crippen molar-refractivity contribution in [2.45, 2.75) is 59.2 Å². The number of carbonyl (C=O) groups excluding carboxylic acids is 1. The molecule has 2 unspecified atom stereocenters. The quantitative estimate of drug-likeness (QED) is 0.812. The van der Waals surface area contributed by atoms with Crippen LogP contribution < -0.4 is 10.1 Å². The van der Waals surface area contributed by atoms with Crippen LogP contribution in [0.1, 0.15) is 51.2 Å². The van der Waals surface area contributed by atoms with Crippen LogP contribution in [-0.2, 0) is 4.79 Å². The van der Waals surface area contributed by atoms with E-state index in [1.54, 1.807) is 13.8 Å². The van der Waals surface area contributed by atoms with E-state index in [9.17, 15) is 9.90 Å². The summed E-state index contributed by atoms with van der Waals surface area (Å²) in [5, 5.41) is 12.0. The average molecular weight is 293 g/mol. The molecule has 0 saturated heterocycles. The first-order valence-electron chi connectivity index (χ1n) is 7.54. The third-order valence-electron chi connectivity index (χ3n) is 3.33. The summed E-state index contributed by atoms with van der Waals surface area (Å²) in [6.07, 6.45) is -0.427. The fourth-order valence-corrected chi connectivity index (χ4v) is 2.01. The monoisotopic (exact) mass is 293 g/mol. The molecule has 1 amide bonds. The molecular formula is C17H27NO3. The molecular weight excluding hydrogens is 266 g/mol. The highest BCUT2D eigenvalue weighted by atomic mass is 16.5. The van der Waals surface area contributed by atoms with Crippen LogP contribution in [0.25, 0.3) is 0 Å². The predicted octanol–water partition coefficient (Wildman–Crippen LogP) is 2.77. The smallest absolute Gasteiger partial charge is 0.260 e. The van der Waals surface area contributed by atoms with Crippen molar-refractivity contribution in [1.29, 1.82) is 0 Å². The number of amides is 1. The van der Waals surface area contributed by atoms with E-state index in [0.717, 1.165) is 16.9 Å². The molecule has 2 atom stereocenters. The van der Waals surface area contributed by atoms with Gasteiger partial charge >= 0.3 is 0 Å². The van der Waals surface area contributed by atoms with Gasteiger partial charge in [-0.2, -0.15) is 0 Å². The molecule has 4 heteroatoms. The third-order valence-corrected chi connectivity index (χ3v) is 3.33. The van der Waals surface area contributed by atoms with Gasteiger partial charge in [0.1, 0.15) is 5.75 Å². The Kier molecular flexibility index (Phi) is 6.69. The molecule has 0 radical (unpaired) electrons. The first-order chi connectivity index (χ1) is 9.81. The van der Waals surface area contributed by atoms with Gasteiger partial charge in [-0.3, -0.25) is 4.79 Å². The van der Waals surface area contributed by atoms with Gasteiger partial charge < -0.3 is 15.2 Å². The van der Waals surface area contributed by atoms with E-state index in [1.807, 2.05) is 19.1 Å². The zero-order valence-corrected chi connectivity index (χ0v) is 13.6. The molecule has 0 aliphatic carbocycles. The largest absolute Gasteiger partial charge is 0.481 e. The number of nitrogens with one attached hydrogen (secondary N) is 1. The molecule has 21 heavy (non-hydrogen) atoms. The molecule has 0 aliphatic rings. The molecule has 0 bridgehead atoms. The number of ether oxygens (including phenoxy) is 1. The fraction of sp³-hybridized carbons (Fsp3) is 0.588. The van der Waals surface area contributed by atoms with Crippen molar-refractivity contribution in [2.24, 2.45) is 0 Å². The zero-order chi connectivity index (χ0) is 16.0. The van der Waals surface area contributed by atoms with Gasteiger partial charge in [0, 0.05) is 6.54 Å². The zero-order valence-electron chi connectivity index (χ0n) is 13.6. The Morgan fingerprint density at radius 3 is 2.52 bits per heavy atom. The van der Waals surface area contributed by atoms with E-state index in [1.165, 1.54) is 0 Å². The van der Waals surface area contributed by atoms with E-state index < -0.39 is 12.2 Å². The minimum Gasteiger partial charge on any atom is -0.481 e. The number of hydrogen-bond acceptors (Lipinski definition) is 3. The lowest BCUT2D eigenvalue weighted by Gasteiger charge is -2.19. The Morgan fingerprint density at radius 1 is 1.29 bits per heavy atom. The van der Waals surface area contributed by atoms with Crippen molar-refractivity contribution < 1.29 is 14.6 Å². The number of aryl methyl sites for hydroxylation is 1. The van der Waals surface area contributed by atoms with E-state index in [-0.39, 0.29) is 5.91 Å². The first kappa shape index (κ1) is 17.5. The van der Waals surface area contributed by atoms with Crippen LogP contribution in [0.2, 0.25) is 0 Å². The molecule has 0 spiro atoms. The van der Waals surface area contributed by atoms with Crippen molar-refractivity contribution in [1.82, 2.24) is 5.32 Å². The average Bonchev–Trinajstić information content (AvgIpc) is 2.37. The normalized spacial score (nSPS) is 13.9. The number of aliphatic hydroxyl groups excluding tert-OH is 1. The van der Waals surface area contributed by atoms with E-state index >= 15 is 0 Å². The Hall–Kier alpha value is -1.55. The Labute approximate surface area is 127 Å². The molecule has 0 heterocycles. The van der Waals surface area contributed by atoms with Gasteiger partial charge in [-0.05, 0) is 50.3 Å². The standard InChI is InChI=1S/C17H27NO3/c1-11(2)15-7-6-12(3)10-16(15)21-14(5)17(20)18-9-8-13(4)19/h6-7,10-11,13-14,19H,8-9H2,1-5H3,(H,18,20). The Balaban J connectivity index is 2.67. The number of hydrogen-bond donors (Lipinski definition) is 2. The lowest BCUT2D eigenvalue weighted by Crippen LogP contribution is -2.37. The maximum atomic E-state index is 12.0. The molecule has 4 nitrogen and oxygen atoms in total. The van der Waals surface area contributed by atoms with Gasteiger partial charge in [-0.1, -0.05) is 26.0 Å². The lowest BCUT2D eigenvalue weighted by atomic mass is 10.0. The molecule has 1 rings (SSSR count). The van der Waals surface area contributed by atoms with Crippen LogP contribution in [0.5, 0.6) is 5.75 Å². The Morgan fingerprint density at radius 2 is 1.95 bits per heavy atom. The summed E-state index contributed by atoms with van der Waals surface area (Å²) in [6.45, 7) is 10.1. The summed E-state index contributed by atoms with van der Waals surface area (Å²) in [6, 6.07) is 6.07. The van der Waals surface area contributed by atoms with Crippen molar-refractivity contribution in [3.05, 3.63) is 29.3 Å². The van der Waals surface area contributed by atoms with Gasteiger partial charge in [0.25, 0.3) is 5.91 Å². The topological polar surface area (TPSA) is 58.6 Å². The molecule has 118 valence electrons. The van der Waals surface area contributed by atoms with Crippen LogP contribution in [0.15, 0.2) is 18.2 Å². The molecule has 0 fully saturated rings. The van der Waals surface area contributed by atoms with Crippen molar-refractivity contribution >= 4 is 5.91 Å². The van der Waals surface area contributed by atoms with Crippen molar-refractivity contribution in [2.75, 3.05) is 6.54 Å². The maximum Gasteiger partial charge on any atom is 0.260 e. The summed E-state index contributed by atoms with van der Waals surface area (Å²) < 4.78 is 5.83. The molecule has 1 aromatic carbocycles. The molecule has 2 N–H and O–H groups in total. The fourth-order valence-electron chi connectivity index (χ4n) is 2.01. The van der Waals surface area contributed by atoms with Crippen molar-refractivity contribution in [3.8, 4) is 5.75 Å². The second-order valence-corrected chi connectivity index (χ2v) is 5.88.